The summed E-state index contributed by atoms with van der Waals surface area (Å²) in [6.45, 7) is 0.473. The molecule has 4 N–H and O–H groups in total. The standard InChI is InChI=1S/C21H20FN7O2/c1-23-19(31)7-8-29-18-6-5-15(9-13(18)11-25-29)27-21-24-12-17(22)20(28-21)26-14-3-2-4-16(30)10-14/h2-6,9-12,30H,7-8H2,1H3,(H,23,31)(H2,24,26,27,28). The first-order chi connectivity index (χ1) is 15.0. The summed E-state index contributed by atoms with van der Waals surface area (Å²) < 4.78 is 15.9. The number of nitrogens with one attached hydrogen (secondary N) is 3. The summed E-state index contributed by atoms with van der Waals surface area (Å²) in [5, 5.41) is 23.2. The Morgan fingerprint density at radius 1 is 1.13 bits per heavy atom. The number of amides is 1. The van der Waals surface area contributed by atoms with Gasteiger partial charge in [-0.1, -0.05) is 6.07 Å². The van der Waals surface area contributed by atoms with Gasteiger partial charge in [0.25, 0.3) is 0 Å². The van der Waals surface area contributed by atoms with E-state index in [1.54, 1.807) is 30.1 Å². The molecule has 1 amide bonds. The molecule has 9 nitrogen and oxygen atoms in total. The van der Waals surface area contributed by atoms with Crippen LogP contribution in [0, 0.1) is 5.82 Å². The van der Waals surface area contributed by atoms with Crippen LogP contribution in [0.4, 0.5) is 27.5 Å². The Morgan fingerprint density at radius 2 is 1.97 bits per heavy atom. The van der Waals surface area contributed by atoms with E-state index >= 15 is 0 Å². The number of carbonyl (C=O) groups excluding carboxylic acids is 1. The van der Waals surface area contributed by atoms with Gasteiger partial charge in [0.1, 0.15) is 5.75 Å². The molecule has 0 spiro atoms. The SMILES string of the molecule is CNC(=O)CCn1ncc2cc(Nc3ncc(F)c(Nc4cccc(O)c4)n3)ccc21. The summed E-state index contributed by atoms with van der Waals surface area (Å²) in [5.74, 6) is -0.434. The van der Waals surface area contributed by atoms with Crippen LogP contribution in [-0.4, -0.2) is 37.8 Å². The van der Waals surface area contributed by atoms with E-state index in [4.69, 9.17) is 0 Å². The van der Waals surface area contributed by atoms with Crippen LogP contribution in [0.2, 0.25) is 0 Å². The smallest absolute Gasteiger partial charge is 0.229 e. The predicted octanol–water partition coefficient (Wildman–Crippen LogP) is 3.29. The molecular weight excluding hydrogens is 401 g/mol. The number of anilines is 4. The summed E-state index contributed by atoms with van der Waals surface area (Å²) in [4.78, 5) is 19.6. The minimum absolute atomic E-state index is 0.0220. The first-order valence-electron chi connectivity index (χ1n) is 9.53. The molecule has 4 rings (SSSR count). The van der Waals surface area contributed by atoms with Crippen LogP contribution in [-0.2, 0) is 11.3 Å². The maximum Gasteiger partial charge on any atom is 0.229 e. The fourth-order valence-electron chi connectivity index (χ4n) is 3.04. The monoisotopic (exact) mass is 421 g/mol. The Bertz CT molecular complexity index is 1240. The van der Waals surface area contributed by atoms with Crippen molar-refractivity contribution < 1.29 is 14.3 Å². The third-order valence-corrected chi connectivity index (χ3v) is 4.58. The lowest BCUT2D eigenvalue weighted by Gasteiger charge is -2.10. The molecule has 2 heterocycles. The van der Waals surface area contributed by atoms with Gasteiger partial charge in [-0.05, 0) is 30.3 Å². The van der Waals surface area contributed by atoms with E-state index in [2.05, 4.69) is 31.0 Å². The number of benzene rings is 2. The summed E-state index contributed by atoms with van der Waals surface area (Å²) in [7, 11) is 1.60. The topological polar surface area (TPSA) is 117 Å². The van der Waals surface area contributed by atoms with E-state index in [0.29, 0.717) is 24.3 Å². The van der Waals surface area contributed by atoms with Crippen LogP contribution in [0.5, 0.6) is 5.75 Å². The summed E-state index contributed by atoms with van der Waals surface area (Å²) in [6.07, 6.45) is 3.12. The molecule has 4 aromatic rings. The lowest BCUT2D eigenvalue weighted by Crippen LogP contribution is -2.19. The van der Waals surface area contributed by atoms with Crippen molar-refractivity contribution in [2.75, 3.05) is 17.7 Å². The fourth-order valence-corrected chi connectivity index (χ4v) is 3.04. The molecule has 0 fully saturated rings. The highest BCUT2D eigenvalue weighted by Crippen LogP contribution is 2.24. The van der Waals surface area contributed by atoms with Crippen molar-refractivity contribution in [2.24, 2.45) is 0 Å². The second-order valence-electron chi connectivity index (χ2n) is 6.75. The molecule has 0 atom stereocenters. The van der Waals surface area contributed by atoms with Gasteiger partial charge in [-0.3, -0.25) is 9.48 Å². The van der Waals surface area contributed by atoms with E-state index in [9.17, 15) is 14.3 Å². The van der Waals surface area contributed by atoms with Crippen molar-refractivity contribution in [3.63, 3.8) is 0 Å². The molecule has 0 saturated heterocycles. The Morgan fingerprint density at radius 3 is 2.77 bits per heavy atom. The molecule has 31 heavy (non-hydrogen) atoms. The van der Waals surface area contributed by atoms with Crippen LogP contribution >= 0.6 is 0 Å². The molecule has 0 aliphatic carbocycles. The number of rotatable bonds is 7. The zero-order valence-electron chi connectivity index (χ0n) is 16.6. The van der Waals surface area contributed by atoms with Crippen LogP contribution in [0.15, 0.2) is 54.9 Å². The molecule has 2 aromatic heterocycles. The number of phenolic OH excluding ortho intramolecular Hbond substituents is 1. The molecule has 158 valence electrons. The number of hydrogen-bond acceptors (Lipinski definition) is 7. The van der Waals surface area contributed by atoms with Crippen LogP contribution in [0.1, 0.15) is 6.42 Å². The van der Waals surface area contributed by atoms with Gasteiger partial charge in [0.05, 0.1) is 24.5 Å². The molecule has 0 unspecified atom stereocenters. The second kappa shape index (κ2) is 8.66. The number of aromatic nitrogens is 4. The number of hydrogen-bond donors (Lipinski definition) is 4. The Kier molecular flexibility index (Phi) is 5.61. The number of nitrogens with zero attached hydrogens (tertiary/aromatic N) is 4. The zero-order valence-corrected chi connectivity index (χ0v) is 16.6. The third-order valence-electron chi connectivity index (χ3n) is 4.58. The minimum atomic E-state index is -0.623. The van der Waals surface area contributed by atoms with Gasteiger partial charge in [-0.2, -0.15) is 10.1 Å². The first kappa shape index (κ1) is 20.1. The maximum absolute atomic E-state index is 14.1. The lowest BCUT2D eigenvalue weighted by molar-refractivity contribution is -0.120. The Balaban J connectivity index is 1.51. The first-order valence-corrected chi connectivity index (χ1v) is 9.53. The zero-order chi connectivity index (χ0) is 21.8. The second-order valence-corrected chi connectivity index (χ2v) is 6.75. The van der Waals surface area contributed by atoms with E-state index < -0.39 is 5.82 Å². The normalized spacial score (nSPS) is 10.8. The molecule has 0 aliphatic rings. The number of fused-ring (bicyclic) bond motifs is 1. The molecule has 0 radical (unpaired) electrons. The molecule has 0 bridgehead atoms. The van der Waals surface area contributed by atoms with Crippen molar-refractivity contribution in [2.45, 2.75) is 13.0 Å². The van der Waals surface area contributed by atoms with Gasteiger partial charge in [-0.15, -0.1) is 0 Å². The van der Waals surface area contributed by atoms with E-state index in [-0.39, 0.29) is 23.4 Å². The van der Waals surface area contributed by atoms with Crippen LogP contribution in [0.25, 0.3) is 10.9 Å². The van der Waals surface area contributed by atoms with Gasteiger partial charge < -0.3 is 21.1 Å². The number of phenols is 1. The molecule has 2 aromatic carbocycles. The van der Waals surface area contributed by atoms with Crippen molar-refractivity contribution in [3.8, 4) is 5.75 Å². The van der Waals surface area contributed by atoms with Gasteiger partial charge in [-0.25, -0.2) is 9.37 Å². The Labute approximate surface area is 177 Å². The van der Waals surface area contributed by atoms with Crippen molar-refractivity contribution >= 4 is 40.0 Å². The predicted molar refractivity (Wildman–Crippen MR) is 115 cm³/mol. The van der Waals surface area contributed by atoms with Gasteiger partial charge in [0.15, 0.2) is 11.6 Å². The lowest BCUT2D eigenvalue weighted by atomic mass is 10.2. The van der Waals surface area contributed by atoms with Crippen LogP contribution in [0.3, 0.4) is 0 Å². The molecule has 10 heteroatoms. The van der Waals surface area contributed by atoms with Gasteiger partial charge in [0.2, 0.25) is 11.9 Å². The largest absolute Gasteiger partial charge is 0.508 e. The van der Waals surface area contributed by atoms with E-state index in [1.165, 1.54) is 12.1 Å². The molecule has 0 aliphatic heterocycles. The number of halogens is 1. The fraction of sp³-hybridized carbons (Fsp3) is 0.143. The van der Waals surface area contributed by atoms with Crippen LogP contribution < -0.4 is 16.0 Å². The minimum Gasteiger partial charge on any atom is -0.508 e. The summed E-state index contributed by atoms with van der Waals surface area (Å²) in [5.41, 5.74) is 2.09. The van der Waals surface area contributed by atoms with Crippen molar-refractivity contribution in [1.82, 2.24) is 25.1 Å². The summed E-state index contributed by atoms with van der Waals surface area (Å²) >= 11 is 0. The quantitative estimate of drug-likeness (QED) is 0.362. The highest BCUT2D eigenvalue weighted by molar-refractivity contribution is 5.83. The molecular formula is C21H20FN7O2. The number of aryl methyl sites for hydroxylation is 1. The number of aromatic hydroxyl groups is 1. The molecule has 0 saturated carbocycles. The average molecular weight is 421 g/mol. The average Bonchev–Trinajstić information content (AvgIpc) is 3.16. The van der Waals surface area contributed by atoms with Gasteiger partial charge >= 0.3 is 0 Å². The highest BCUT2D eigenvalue weighted by atomic mass is 19.1. The highest BCUT2D eigenvalue weighted by Gasteiger charge is 2.10. The van der Waals surface area contributed by atoms with Gasteiger partial charge in [0, 0.05) is 36.3 Å². The Hall–Kier alpha value is -4.21. The number of carbonyl (C=O) groups is 1. The van der Waals surface area contributed by atoms with E-state index in [0.717, 1.165) is 17.1 Å². The summed E-state index contributed by atoms with van der Waals surface area (Å²) in [6, 6.07) is 11.9. The third kappa shape index (κ3) is 4.69. The van der Waals surface area contributed by atoms with E-state index in [1.807, 2.05) is 18.2 Å². The van der Waals surface area contributed by atoms with Crippen molar-refractivity contribution in [1.29, 1.82) is 0 Å². The maximum atomic E-state index is 14.1. The van der Waals surface area contributed by atoms with Crippen molar-refractivity contribution in [3.05, 3.63) is 60.7 Å².